The molecule has 0 radical (unpaired) electrons. The van der Waals surface area contributed by atoms with Crippen molar-refractivity contribution in [3.05, 3.63) is 34.9 Å². The summed E-state index contributed by atoms with van der Waals surface area (Å²) in [5.41, 5.74) is 1.24. The second-order valence-electron chi connectivity index (χ2n) is 3.77. The van der Waals surface area contributed by atoms with Crippen molar-refractivity contribution in [3.63, 3.8) is 0 Å². The molecular weight excluding hydrogens is 226 g/mol. The smallest absolute Gasteiger partial charge is 0.0446 e. The highest BCUT2D eigenvalue weighted by molar-refractivity contribution is 7.98. The SMILES string of the molecule is CNCC(C)CSCc1ccccc1Cl. The Kier molecular flexibility index (Phi) is 6.15. The van der Waals surface area contributed by atoms with Crippen LogP contribution >= 0.6 is 23.4 Å². The van der Waals surface area contributed by atoms with Crippen molar-refractivity contribution < 1.29 is 0 Å². The third-order valence-electron chi connectivity index (χ3n) is 2.17. The van der Waals surface area contributed by atoms with Crippen LogP contribution in [0.25, 0.3) is 0 Å². The fraction of sp³-hybridized carbons (Fsp3) is 0.500. The molecule has 1 nitrogen and oxygen atoms in total. The Morgan fingerprint density at radius 1 is 1.40 bits per heavy atom. The Hall–Kier alpha value is -0.180. The van der Waals surface area contributed by atoms with Crippen LogP contribution in [0.5, 0.6) is 0 Å². The van der Waals surface area contributed by atoms with Crippen molar-refractivity contribution in [1.29, 1.82) is 0 Å². The summed E-state index contributed by atoms with van der Waals surface area (Å²) in [6.45, 7) is 3.34. The molecule has 1 aromatic carbocycles. The van der Waals surface area contributed by atoms with Gasteiger partial charge >= 0.3 is 0 Å². The third kappa shape index (κ3) is 4.92. The summed E-state index contributed by atoms with van der Waals surface area (Å²) in [6, 6.07) is 8.06. The van der Waals surface area contributed by atoms with E-state index in [0.717, 1.165) is 17.3 Å². The average molecular weight is 244 g/mol. The lowest BCUT2D eigenvalue weighted by Gasteiger charge is -2.10. The molecule has 84 valence electrons. The van der Waals surface area contributed by atoms with Crippen LogP contribution in [0.4, 0.5) is 0 Å². The molecule has 1 aromatic rings. The second kappa shape index (κ2) is 7.15. The van der Waals surface area contributed by atoms with E-state index in [0.29, 0.717) is 5.92 Å². The maximum atomic E-state index is 6.08. The van der Waals surface area contributed by atoms with Gasteiger partial charge in [-0.2, -0.15) is 11.8 Å². The van der Waals surface area contributed by atoms with E-state index < -0.39 is 0 Å². The minimum Gasteiger partial charge on any atom is -0.319 e. The summed E-state index contributed by atoms with van der Waals surface area (Å²) in [4.78, 5) is 0. The van der Waals surface area contributed by atoms with Crippen molar-refractivity contribution in [2.24, 2.45) is 5.92 Å². The first-order valence-electron chi connectivity index (χ1n) is 5.19. The number of nitrogens with one attached hydrogen (secondary N) is 1. The average Bonchev–Trinajstić information content (AvgIpc) is 2.21. The van der Waals surface area contributed by atoms with Crippen LogP contribution in [0.15, 0.2) is 24.3 Å². The van der Waals surface area contributed by atoms with Crippen LogP contribution in [0.1, 0.15) is 12.5 Å². The number of hydrogen-bond donors (Lipinski definition) is 1. The molecule has 0 spiro atoms. The van der Waals surface area contributed by atoms with Gasteiger partial charge in [-0.15, -0.1) is 0 Å². The van der Waals surface area contributed by atoms with Crippen molar-refractivity contribution in [2.45, 2.75) is 12.7 Å². The summed E-state index contributed by atoms with van der Waals surface area (Å²) in [6.07, 6.45) is 0. The topological polar surface area (TPSA) is 12.0 Å². The van der Waals surface area contributed by atoms with E-state index in [1.165, 1.54) is 11.3 Å². The highest BCUT2D eigenvalue weighted by Gasteiger charge is 2.02. The summed E-state index contributed by atoms with van der Waals surface area (Å²) < 4.78 is 0. The molecule has 0 amide bonds. The number of thioether (sulfide) groups is 1. The molecule has 1 atom stereocenters. The van der Waals surface area contributed by atoms with Gasteiger partial charge in [0, 0.05) is 10.8 Å². The van der Waals surface area contributed by atoms with Gasteiger partial charge in [0.1, 0.15) is 0 Å². The van der Waals surface area contributed by atoms with E-state index in [4.69, 9.17) is 11.6 Å². The van der Waals surface area contributed by atoms with E-state index in [1.807, 2.05) is 37.0 Å². The lowest BCUT2D eigenvalue weighted by molar-refractivity contribution is 0.603. The molecule has 1 N–H and O–H groups in total. The molecule has 15 heavy (non-hydrogen) atoms. The Labute approximate surface area is 102 Å². The molecule has 0 aliphatic rings. The van der Waals surface area contributed by atoms with Gasteiger partial charge in [-0.25, -0.2) is 0 Å². The summed E-state index contributed by atoms with van der Waals surface area (Å²) in [5.74, 6) is 2.89. The molecule has 0 fully saturated rings. The zero-order chi connectivity index (χ0) is 11.1. The van der Waals surface area contributed by atoms with Crippen LogP contribution in [0.2, 0.25) is 5.02 Å². The molecule has 0 aromatic heterocycles. The van der Waals surface area contributed by atoms with Crippen LogP contribution in [-0.4, -0.2) is 19.3 Å². The van der Waals surface area contributed by atoms with E-state index in [9.17, 15) is 0 Å². The molecule has 0 aliphatic carbocycles. The van der Waals surface area contributed by atoms with Crippen molar-refractivity contribution >= 4 is 23.4 Å². The van der Waals surface area contributed by atoms with Crippen molar-refractivity contribution in [1.82, 2.24) is 5.32 Å². The van der Waals surface area contributed by atoms with Crippen LogP contribution in [0, 0.1) is 5.92 Å². The lowest BCUT2D eigenvalue weighted by Crippen LogP contribution is -2.17. The predicted octanol–water partition coefficient (Wildman–Crippen LogP) is 3.43. The molecule has 0 heterocycles. The lowest BCUT2D eigenvalue weighted by atomic mass is 10.2. The first-order chi connectivity index (χ1) is 7.24. The first-order valence-corrected chi connectivity index (χ1v) is 6.73. The Morgan fingerprint density at radius 3 is 2.80 bits per heavy atom. The van der Waals surface area contributed by atoms with E-state index in [-0.39, 0.29) is 0 Å². The zero-order valence-electron chi connectivity index (χ0n) is 9.29. The van der Waals surface area contributed by atoms with Gasteiger partial charge in [0.05, 0.1) is 0 Å². The van der Waals surface area contributed by atoms with Crippen LogP contribution < -0.4 is 5.32 Å². The second-order valence-corrected chi connectivity index (χ2v) is 5.21. The number of halogens is 1. The van der Waals surface area contributed by atoms with Crippen molar-refractivity contribution in [3.8, 4) is 0 Å². The number of benzene rings is 1. The Balaban J connectivity index is 2.29. The van der Waals surface area contributed by atoms with Gasteiger partial charge in [-0.1, -0.05) is 36.7 Å². The molecule has 0 bridgehead atoms. The molecular formula is C12H18ClNS. The maximum absolute atomic E-state index is 6.08. The summed E-state index contributed by atoms with van der Waals surface area (Å²) >= 11 is 8.02. The fourth-order valence-electron chi connectivity index (χ4n) is 1.39. The minimum absolute atomic E-state index is 0.711. The molecule has 0 saturated carbocycles. The normalized spacial score (nSPS) is 12.7. The number of hydrogen-bond acceptors (Lipinski definition) is 2. The Bertz CT molecular complexity index is 291. The molecule has 3 heteroatoms. The molecule has 0 saturated heterocycles. The fourth-order valence-corrected chi connectivity index (χ4v) is 2.78. The summed E-state index contributed by atoms with van der Waals surface area (Å²) in [7, 11) is 2.00. The third-order valence-corrected chi connectivity index (χ3v) is 3.86. The van der Waals surface area contributed by atoms with Gasteiger partial charge in [-0.3, -0.25) is 0 Å². The highest BCUT2D eigenvalue weighted by Crippen LogP contribution is 2.21. The molecule has 0 aliphatic heterocycles. The number of rotatable bonds is 6. The first kappa shape index (κ1) is 12.9. The zero-order valence-corrected chi connectivity index (χ0v) is 10.9. The van der Waals surface area contributed by atoms with Gasteiger partial charge in [-0.05, 0) is 36.9 Å². The van der Waals surface area contributed by atoms with Gasteiger partial charge in [0.25, 0.3) is 0 Å². The predicted molar refractivity (Wildman–Crippen MR) is 70.7 cm³/mol. The van der Waals surface area contributed by atoms with E-state index in [2.05, 4.69) is 18.3 Å². The van der Waals surface area contributed by atoms with Crippen LogP contribution in [0.3, 0.4) is 0 Å². The van der Waals surface area contributed by atoms with E-state index in [1.54, 1.807) is 0 Å². The van der Waals surface area contributed by atoms with Crippen LogP contribution in [-0.2, 0) is 5.75 Å². The highest BCUT2D eigenvalue weighted by atomic mass is 35.5. The largest absolute Gasteiger partial charge is 0.319 e. The Morgan fingerprint density at radius 2 is 2.13 bits per heavy atom. The van der Waals surface area contributed by atoms with Crippen molar-refractivity contribution in [2.75, 3.05) is 19.3 Å². The maximum Gasteiger partial charge on any atom is 0.0446 e. The quantitative estimate of drug-likeness (QED) is 0.822. The standard InChI is InChI=1S/C12H18ClNS/c1-10(7-14-2)8-15-9-11-5-3-4-6-12(11)13/h3-6,10,14H,7-9H2,1-2H3. The van der Waals surface area contributed by atoms with E-state index >= 15 is 0 Å². The monoisotopic (exact) mass is 243 g/mol. The molecule has 1 rings (SSSR count). The minimum atomic E-state index is 0.711. The summed E-state index contributed by atoms with van der Waals surface area (Å²) in [5, 5.41) is 4.07. The van der Waals surface area contributed by atoms with Gasteiger partial charge in [0.2, 0.25) is 0 Å². The molecule has 1 unspecified atom stereocenters. The van der Waals surface area contributed by atoms with Gasteiger partial charge in [0.15, 0.2) is 0 Å². The van der Waals surface area contributed by atoms with Gasteiger partial charge < -0.3 is 5.32 Å².